The van der Waals surface area contributed by atoms with Gasteiger partial charge in [0.15, 0.2) is 5.65 Å². The summed E-state index contributed by atoms with van der Waals surface area (Å²) in [6, 6.07) is 8.56. The molecule has 1 aromatic carbocycles. The second-order valence-electron chi connectivity index (χ2n) is 9.15. The van der Waals surface area contributed by atoms with Gasteiger partial charge in [-0.05, 0) is 51.3 Å². The average molecular weight is 517 g/mol. The first-order valence-corrected chi connectivity index (χ1v) is 11.9. The van der Waals surface area contributed by atoms with Crippen LogP contribution in [0.25, 0.3) is 11.0 Å². The number of amides is 1. The van der Waals surface area contributed by atoms with Gasteiger partial charge in [-0.15, -0.1) is 0 Å². The fraction of sp³-hybridized carbons (Fsp3) is 0.360. The monoisotopic (exact) mass is 516 g/mol. The number of nitrogens with zero attached hydrogens (tertiary/aromatic N) is 5. The Morgan fingerprint density at radius 3 is 2.47 bits per heavy atom. The average Bonchev–Trinajstić information content (AvgIpc) is 3.57. The summed E-state index contributed by atoms with van der Waals surface area (Å²) in [6.07, 6.45) is -2.93. The number of carbonyl (C=O) groups is 1. The van der Waals surface area contributed by atoms with Crippen molar-refractivity contribution >= 4 is 34.2 Å². The number of nitrogens with one attached hydrogen (secondary N) is 1. The number of pyridine rings is 1. The van der Waals surface area contributed by atoms with Crippen molar-refractivity contribution in [1.29, 1.82) is 0 Å². The van der Waals surface area contributed by atoms with Crippen molar-refractivity contribution in [3.8, 4) is 0 Å². The Morgan fingerprint density at radius 1 is 1.11 bits per heavy atom. The smallest absolute Gasteiger partial charge is 0.321 e. The second-order valence-corrected chi connectivity index (χ2v) is 9.56. The molecule has 0 spiro atoms. The lowest BCUT2D eigenvalue weighted by atomic mass is 10.1. The Bertz CT molecular complexity index is 1490. The lowest BCUT2D eigenvalue weighted by molar-refractivity contribution is -0.136. The minimum absolute atomic E-state index is 0.0160. The highest BCUT2D eigenvalue weighted by atomic mass is 35.5. The molecular weight excluding hydrogens is 493 g/mol. The lowest BCUT2D eigenvalue weighted by Gasteiger charge is -2.11. The molecule has 0 saturated heterocycles. The molecule has 0 radical (unpaired) electrons. The van der Waals surface area contributed by atoms with Crippen LogP contribution in [0.4, 0.5) is 18.9 Å². The van der Waals surface area contributed by atoms with Gasteiger partial charge < -0.3 is 5.32 Å². The maximum atomic E-state index is 13.8. The van der Waals surface area contributed by atoms with Gasteiger partial charge in [0, 0.05) is 16.6 Å². The molecule has 1 N–H and O–H groups in total. The van der Waals surface area contributed by atoms with Gasteiger partial charge in [0.1, 0.15) is 6.54 Å². The zero-order valence-corrected chi connectivity index (χ0v) is 20.7. The zero-order valence-electron chi connectivity index (χ0n) is 19.9. The molecule has 5 rings (SSSR count). The fourth-order valence-electron chi connectivity index (χ4n) is 4.43. The molecule has 1 saturated carbocycles. The SMILES string of the molecule is Cc1nn(Cc2ccccc2Cl)c(C)c1NC(=O)Cn1nc(C)c2c(C(F)(F)F)cc(C3CC3)nc21. The summed E-state index contributed by atoms with van der Waals surface area (Å²) < 4.78 is 44.5. The van der Waals surface area contributed by atoms with Gasteiger partial charge in [0.25, 0.3) is 0 Å². The number of hydrogen-bond acceptors (Lipinski definition) is 4. The Balaban J connectivity index is 1.42. The van der Waals surface area contributed by atoms with Gasteiger partial charge in [-0.1, -0.05) is 29.8 Å². The number of hydrogen-bond donors (Lipinski definition) is 1. The number of aryl methyl sites for hydroxylation is 2. The van der Waals surface area contributed by atoms with Crippen molar-refractivity contribution in [2.45, 2.75) is 58.8 Å². The predicted molar refractivity (Wildman–Crippen MR) is 130 cm³/mol. The van der Waals surface area contributed by atoms with Crippen LogP contribution >= 0.6 is 11.6 Å². The van der Waals surface area contributed by atoms with Crippen LogP contribution in [0.15, 0.2) is 30.3 Å². The minimum atomic E-state index is -4.55. The van der Waals surface area contributed by atoms with Crippen molar-refractivity contribution in [3.63, 3.8) is 0 Å². The number of halogens is 4. The number of aromatic nitrogens is 5. The molecule has 1 aliphatic rings. The van der Waals surface area contributed by atoms with Crippen molar-refractivity contribution in [2.75, 3.05) is 5.32 Å². The van der Waals surface area contributed by atoms with E-state index in [0.29, 0.717) is 28.6 Å². The lowest BCUT2D eigenvalue weighted by Crippen LogP contribution is -2.21. The van der Waals surface area contributed by atoms with Gasteiger partial charge >= 0.3 is 6.18 Å². The van der Waals surface area contributed by atoms with Gasteiger partial charge in [0.05, 0.1) is 40.3 Å². The number of rotatable bonds is 6. The summed E-state index contributed by atoms with van der Waals surface area (Å²) in [5.41, 5.74) is 2.66. The second kappa shape index (κ2) is 8.92. The van der Waals surface area contributed by atoms with Crippen LogP contribution in [-0.4, -0.2) is 30.5 Å². The third-order valence-corrected chi connectivity index (χ3v) is 6.78. The van der Waals surface area contributed by atoms with Crippen molar-refractivity contribution in [2.24, 2.45) is 0 Å². The third-order valence-electron chi connectivity index (χ3n) is 6.42. The maximum Gasteiger partial charge on any atom is 0.417 e. The summed E-state index contributed by atoms with van der Waals surface area (Å²) in [4.78, 5) is 17.5. The van der Waals surface area contributed by atoms with Crippen LogP contribution in [0.5, 0.6) is 0 Å². The highest BCUT2D eigenvalue weighted by Gasteiger charge is 2.37. The summed E-state index contributed by atoms with van der Waals surface area (Å²) in [6.45, 7) is 5.26. The third kappa shape index (κ3) is 4.57. The molecule has 0 bridgehead atoms. The first kappa shape index (κ1) is 24.3. The van der Waals surface area contributed by atoms with Gasteiger partial charge in [-0.25, -0.2) is 9.67 Å². The standard InChI is InChI=1S/C25H24ClF3N6O/c1-13-22-18(25(27,28)29)10-20(16-8-9-16)30-24(22)35(32-13)12-21(36)31-23-14(2)33-34(15(23)3)11-17-6-4-5-7-19(17)26/h4-7,10,16H,8-9,11-12H2,1-3H3,(H,31,36). The largest absolute Gasteiger partial charge is 0.417 e. The zero-order chi connectivity index (χ0) is 25.8. The van der Waals surface area contributed by atoms with E-state index in [-0.39, 0.29) is 29.2 Å². The predicted octanol–water partition coefficient (Wildman–Crippen LogP) is 5.79. The molecule has 0 aliphatic heterocycles. The highest BCUT2D eigenvalue weighted by Crippen LogP contribution is 2.43. The summed E-state index contributed by atoms with van der Waals surface area (Å²) >= 11 is 6.27. The first-order valence-electron chi connectivity index (χ1n) is 11.6. The molecule has 7 nitrogen and oxygen atoms in total. The van der Waals surface area contributed by atoms with E-state index in [2.05, 4.69) is 20.5 Å². The van der Waals surface area contributed by atoms with Crippen LogP contribution in [0.1, 0.15) is 52.7 Å². The number of alkyl halides is 3. The Morgan fingerprint density at radius 2 is 1.81 bits per heavy atom. The van der Waals surface area contributed by atoms with E-state index in [1.165, 1.54) is 11.6 Å². The summed E-state index contributed by atoms with van der Waals surface area (Å²) in [5, 5.41) is 12.2. The Kier molecular flexibility index (Phi) is 6.02. The van der Waals surface area contributed by atoms with E-state index in [4.69, 9.17) is 11.6 Å². The number of benzene rings is 1. The molecule has 188 valence electrons. The molecule has 4 aromatic rings. The van der Waals surface area contributed by atoms with Crippen LogP contribution in [0.2, 0.25) is 5.02 Å². The molecule has 36 heavy (non-hydrogen) atoms. The fourth-order valence-corrected chi connectivity index (χ4v) is 4.63. The molecule has 0 unspecified atom stereocenters. The normalized spacial score (nSPS) is 14.0. The Hall–Kier alpha value is -3.40. The number of anilines is 1. The number of fused-ring (bicyclic) bond motifs is 1. The molecule has 11 heteroatoms. The van der Waals surface area contributed by atoms with Crippen LogP contribution in [0.3, 0.4) is 0 Å². The van der Waals surface area contributed by atoms with Crippen LogP contribution in [0, 0.1) is 20.8 Å². The minimum Gasteiger partial charge on any atom is -0.321 e. The molecule has 1 fully saturated rings. The van der Waals surface area contributed by atoms with Crippen LogP contribution < -0.4 is 5.32 Å². The maximum absolute atomic E-state index is 13.8. The molecule has 1 aliphatic carbocycles. The van der Waals surface area contributed by atoms with Gasteiger partial charge in [-0.2, -0.15) is 23.4 Å². The molecule has 3 aromatic heterocycles. The first-order chi connectivity index (χ1) is 17.0. The van der Waals surface area contributed by atoms with E-state index >= 15 is 0 Å². The molecule has 1 amide bonds. The highest BCUT2D eigenvalue weighted by molar-refractivity contribution is 6.31. The molecule has 0 atom stereocenters. The van der Waals surface area contributed by atoms with Crippen LogP contribution in [-0.2, 0) is 24.1 Å². The van der Waals surface area contributed by atoms with Gasteiger partial charge in [-0.3, -0.25) is 9.48 Å². The molecular formula is C25H24ClF3N6O. The van der Waals surface area contributed by atoms with Crippen molar-refractivity contribution < 1.29 is 18.0 Å². The van der Waals surface area contributed by atoms with E-state index in [0.717, 1.165) is 30.2 Å². The summed E-state index contributed by atoms with van der Waals surface area (Å²) in [7, 11) is 0. The number of carbonyl (C=O) groups excluding carboxylic acids is 1. The van der Waals surface area contributed by atoms with E-state index < -0.39 is 17.6 Å². The topological polar surface area (TPSA) is 77.6 Å². The van der Waals surface area contributed by atoms with E-state index in [1.54, 1.807) is 17.7 Å². The summed E-state index contributed by atoms with van der Waals surface area (Å²) in [5.74, 6) is -0.419. The van der Waals surface area contributed by atoms with E-state index in [9.17, 15) is 18.0 Å². The van der Waals surface area contributed by atoms with Gasteiger partial charge in [0.2, 0.25) is 5.91 Å². The molecule has 3 heterocycles. The quantitative estimate of drug-likeness (QED) is 0.352. The van der Waals surface area contributed by atoms with Crippen molar-refractivity contribution in [3.05, 3.63) is 69.3 Å². The van der Waals surface area contributed by atoms with E-state index in [1.807, 2.05) is 25.1 Å². The van der Waals surface area contributed by atoms with Crippen molar-refractivity contribution in [1.82, 2.24) is 24.5 Å². The Labute approximate surface area is 210 Å².